The quantitative estimate of drug-likeness (QED) is 0.706. The first-order chi connectivity index (χ1) is 14.9. The third-order valence-electron chi connectivity index (χ3n) is 5.68. The standard InChI is InChI=1S/C23H24N2O6/c1-23(31-12-21(27)28)13-25(14-23)20(26)10-24-22(29)30-11-19-17-8-4-2-6-15(17)16-7-3-5-9-18(16)19/h2-9,19H,10-14H2,1H3,(H,24,29)(H,27,28). The van der Waals surface area contributed by atoms with Crippen molar-refractivity contribution >= 4 is 18.0 Å². The molecular weight excluding hydrogens is 400 g/mol. The topological polar surface area (TPSA) is 105 Å². The van der Waals surface area contributed by atoms with Crippen LogP contribution in [0, 0.1) is 0 Å². The minimum atomic E-state index is -1.05. The van der Waals surface area contributed by atoms with Gasteiger partial charge in [-0.2, -0.15) is 0 Å². The molecule has 4 rings (SSSR count). The molecule has 2 aromatic rings. The van der Waals surface area contributed by atoms with Gasteiger partial charge < -0.3 is 24.8 Å². The Bertz CT molecular complexity index is 969. The molecular formula is C23H24N2O6. The van der Waals surface area contributed by atoms with Gasteiger partial charge in [0.1, 0.15) is 25.4 Å². The molecule has 0 atom stereocenters. The van der Waals surface area contributed by atoms with Crippen molar-refractivity contribution < 1.29 is 29.0 Å². The van der Waals surface area contributed by atoms with Gasteiger partial charge in [0.2, 0.25) is 5.91 Å². The minimum absolute atomic E-state index is 0.0451. The number of carboxylic acids is 1. The number of rotatable bonds is 7. The van der Waals surface area contributed by atoms with Gasteiger partial charge in [-0.25, -0.2) is 9.59 Å². The zero-order valence-corrected chi connectivity index (χ0v) is 17.2. The Balaban J connectivity index is 1.25. The van der Waals surface area contributed by atoms with Crippen molar-refractivity contribution in [3.05, 3.63) is 59.7 Å². The number of hydrogen-bond donors (Lipinski definition) is 2. The van der Waals surface area contributed by atoms with Crippen molar-refractivity contribution in [1.29, 1.82) is 0 Å². The molecule has 0 unspecified atom stereocenters. The van der Waals surface area contributed by atoms with E-state index >= 15 is 0 Å². The fourth-order valence-corrected chi connectivity index (χ4v) is 4.17. The van der Waals surface area contributed by atoms with Gasteiger partial charge in [-0.05, 0) is 29.2 Å². The number of fused-ring (bicyclic) bond motifs is 3. The maximum absolute atomic E-state index is 12.2. The van der Waals surface area contributed by atoms with Gasteiger partial charge in [-0.1, -0.05) is 48.5 Å². The van der Waals surface area contributed by atoms with Crippen molar-refractivity contribution in [3.63, 3.8) is 0 Å². The van der Waals surface area contributed by atoms with Crippen LogP contribution < -0.4 is 5.32 Å². The van der Waals surface area contributed by atoms with Crippen LogP contribution in [0.1, 0.15) is 24.0 Å². The van der Waals surface area contributed by atoms with E-state index in [9.17, 15) is 14.4 Å². The van der Waals surface area contributed by atoms with E-state index < -0.39 is 24.3 Å². The lowest BCUT2D eigenvalue weighted by atomic mass is 9.96. The molecule has 8 nitrogen and oxygen atoms in total. The number of carbonyl (C=O) groups is 3. The Labute approximate surface area is 179 Å². The Kier molecular flexibility index (Phi) is 5.65. The van der Waals surface area contributed by atoms with Gasteiger partial charge in [0.25, 0.3) is 0 Å². The molecule has 1 heterocycles. The number of nitrogens with zero attached hydrogens (tertiary/aromatic N) is 1. The van der Waals surface area contributed by atoms with E-state index in [4.69, 9.17) is 14.6 Å². The summed E-state index contributed by atoms with van der Waals surface area (Å²) in [6.45, 7) is 1.90. The highest BCUT2D eigenvalue weighted by atomic mass is 16.5. The lowest BCUT2D eigenvalue weighted by Crippen LogP contribution is -2.64. The van der Waals surface area contributed by atoms with Crippen LogP contribution >= 0.6 is 0 Å². The van der Waals surface area contributed by atoms with Crippen LogP contribution in [0.5, 0.6) is 0 Å². The van der Waals surface area contributed by atoms with Crippen molar-refractivity contribution in [1.82, 2.24) is 10.2 Å². The molecule has 31 heavy (non-hydrogen) atoms. The largest absolute Gasteiger partial charge is 0.480 e. The smallest absolute Gasteiger partial charge is 0.407 e. The summed E-state index contributed by atoms with van der Waals surface area (Å²) in [6.07, 6.45) is -0.652. The van der Waals surface area contributed by atoms with Crippen LogP contribution in [0.15, 0.2) is 48.5 Å². The fraction of sp³-hybridized carbons (Fsp3) is 0.348. The van der Waals surface area contributed by atoms with Crippen molar-refractivity contribution in [2.45, 2.75) is 18.4 Å². The van der Waals surface area contributed by atoms with E-state index in [2.05, 4.69) is 17.4 Å². The van der Waals surface area contributed by atoms with E-state index in [1.54, 1.807) is 6.92 Å². The Hall–Kier alpha value is -3.39. The molecule has 1 aliphatic carbocycles. The van der Waals surface area contributed by atoms with Crippen molar-refractivity contribution in [2.24, 2.45) is 0 Å². The number of amides is 2. The molecule has 1 fully saturated rings. The van der Waals surface area contributed by atoms with Gasteiger partial charge in [0.15, 0.2) is 0 Å². The lowest BCUT2D eigenvalue weighted by molar-refractivity contribution is -0.172. The first-order valence-corrected chi connectivity index (χ1v) is 10.1. The number of ether oxygens (including phenoxy) is 2. The Morgan fingerprint density at radius 1 is 1.06 bits per heavy atom. The zero-order valence-electron chi connectivity index (χ0n) is 17.2. The summed E-state index contributed by atoms with van der Waals surface area (Å²) < 4.78 is 10.7. The Morgan fingerprint density at radius 3 is 2.23 bits per heavy atom. The highest BCUT2D eigenvalue weighted by Gasteiger charge is 2.42. The summed E-state index contributed by atoms with van der Waals surface area (Å²) in [5, 5.41) is 11.2. The molecule has 0 radical (unpaired) electrons. The summed E-state index contributed by atoms with van der Waals surface area (Å²) in [7, 11) is 0. The van der Waals surface area contributed by atoms with E-state index in [1.165, 1.54) is 4.90 Å². The SMILES string of the molecule is CC1(OCC(=O)O)CN(C(=O)CNC(=O)OCC2c3ccccc3-c3ccccc32)C1. The summed E-state index contributed by atoms with van der Waals surface area (Å²) in [6, 6.07) is 16.1. The summed E-state index contributed by atoms with van der Waals surface area (Å²) >= 11 is 0. The van der Waals surface area contributed by atoms with Crippen molar-refractivity contribution in [2.75, 3.05) is 32.8 Å². The first-order valence-electron chi connectivity index (χ1n) is 10.1. The monoisotopic (exact) mass is 424 g/mol. The number of likely N-dealkylation sites (tertiary alicyclic amines) is 1. The third-order valence-corrected chi connectivity index (χ3v) is 5.68. The highest BCUT2D eigenvalue weighted by molar-refractivity contribution is 5.83. The molecule has 0 aromatic heterocycles. The highest BCUT2D eigenvalue weighted by Crippen LogP contribution is 2.44. The van der Waals surface area contributed by atoms with Crippen molar-refractivity contribution in [3.8, 4) is 11.1 Å². The predicted molar refractivity (Wildman–Crippen MR) is 112 cm³/mol. The average Bonchev–Trinajstić information content (AvgIpc) is 3.06. The van der Waals surface area contributed by atoms with Crippen LogP contribution in [0.3, 0.4) is 0 Å². The molecule has 8 heteroatoms. The van der Waals surface area contributed by atoms with Gasteiger partial charge in [0, 0.05) is 5.92 Å². The number of carbonyl (C=O) groups excluding carboxylic acids is 2. The van der Waals surface area contributed by atoms with Crippen LogP contribution in [0.2, 0.25) is 0 Å². The minimum Gasteiger partial charge on any atom is -0.480 e. The molecule has 0 bridgehead atoms. The maximum atomic E-state index is 12.2. The van der Waals surface area contributed by atoms with E-state index in [-0.39, 0.29) is 38.1 Å². The molecule has 162 valence electrons. The molecule has 2 N–H and O–H groups in total. The number of nitrogens with one attached hydrogen (secondary N) is 1. The summed E-state index contributed by atoms with van der Waals surface area (Å²) in [5.74, 6) is -1.37. The predicted octanol–water partition coefficient (Wildman–Crippen LogP) is 2.23. The van der Waals surface area contributed by atoms with Crippen LogP contribution in [0.25, 0.3) is 11.1 Å². The summed E-state index contributed by atoms with van der Waals surface area (Å²) in [4.78, 5) is 36.5. The molecule has 2 aliphatic rings. The molecule has 0 saturated carbocycles. The second-order valence-corrected chi connectivity index (χ2v) is 8.06. The number of alkyl carbamates (subject to hydrolysis) is 1. The van der Waals surface area contributed by atoms with Crippen LogP contribution in [0.4, 0.5) is 4.79 Å². The maximum Gasteiger partial charge on any atom is 0.407 e. The molecule has 1 saturated heterocycles. The third kappa shape index (κ3) is 4.39. The second kappa shape index (κ2) is 8.39. The second-order valence-electron chi connectivity index (χ2n) is 8.06. The first kappa shape index (κ1) is 20.9. The number of carboxylic acid groups (broad SMARTS) is 1. The molecule has 2 amide bonds. The van der Waals surface area contributed by atoms with Crippen LogP contribution in [-0.4, -0.2) is 66.4 Å². The van der Waals surface area contributed by atoms with Gasteiger partial charge >= 0.3 is 12.1 Å². The fourth-order valence-electron chi connectivity index (χ4n) is 4.17. The van der Waals surface area contributed by atoms with Gasteiger partial charge in [-0.3, -0.25) is 4.79 Å². The van der Waals surface area contributed by atoms with Crippen LogP contribution in [-0.2, 0) is 19.1 Å². The van der Waals surface area contributed by atoms with E-state index in [0.29, 0.717) is 0 Å². The van der Waals surface area contributed by atoms with Gasteiger partial charge in [0.05, 0.1) is 13.1 Å². The Morgan fingerprint density at radius 2 is 1.65 bits per heavy atom. The molecule has 0 spiro atoms. The number of benzene rings is 2. The average molecular weight is 424 g/mol. The normalized spacial score (nSPS) is 16.1. The van der Waals surface area contributed by atoms with E-state index in [0.717, 1.165) is 22.3 Å². The van der Waals surface area contributed by atoms with E-state index in [1.807, 2.05) is 36.4 Å². The zero-order chi connectivity index (χ0) is 22.0. The van der Waals surface area contributed by atoms with Gasteiger partial charge in [-0.15, -0.1) is 0 Å². The molecule has 1 aliphatic heterocycles. The number of hydrogen-bond acceptors (Lipinski definition) is 5. The summed E-state index contributed by atoms with van der Waals surface area (Å²) in [5.41, 5.74) is 3.86. The number of aliphatic carboxylic acids is 1. The molecule has 2 aromatic carbocycles. The lowest BCUT2D eigenvalue weighted by Gasteiger charge is -2.47.